The summed E-state index contributed by atoms with van der Waals surface area (Å²) in [5.41, 5.74) is 3.49. The maximum atomic E-state index is 13.0. The number of rotatable bonds is 12. The molecule has 2 N–H and O–H groups in total. The highest BCUT2D eigenvalue weighted by molar-refractivity contribution is 6.38. The minimum atomic E-state index is -0.461. The first-order chi connectivity index (χ1) is 23.2. The monoisotopic (exact) mass is 683 g/mol. The fourth-order valence-electron chi connectivity index (χ4n) is 4.66. The Morgan fingerprint density at radius 1 is 0.854 bits per heavy atom. The third-order valence-electron chi connectivity index (χ3n) is 7.31. The van der Waals surface area contributed by atoms with Gasteiger partial charge in [0.25, 0.3) is 5.91 Å². The van der Waals surface area contributed by atoms with Gasteiger partial charge in [0.1, 0.15) is 30.2 Å². The Hall–Kier alpha value is -5.45. The van der Waals surface area contributed by atoms with E-state index >= 15 is 0 Å². The normalized spacial score (nSPS) is 10.9. The summed E-state index contributed by atoms with van der Waals surface area (Å²) >= 11 is 13.3. The van der Waals surface area contributed by atoms with Gasteiger partial charge in [-0.05, 0) is 66.2 Å². The van der Waals surface area contributed by atoms with E-state index in [0.29, 0.717) is 45.5 Å². The number of nitrogens with zero attached hydrogens (tertiary/aromatic N) is 3. The largest absolute Gasteiger partial charge is 0.487 e. The highest BCUT2D eigenvalue weighted by atomic mass is 35.5. The summed E-state index contributed by atoms with van der Waals surface area (Å²) in [6, 6.07) is 22.9. The van der Waals surface area contributed by atoms with Gasteiger partial charge in [-0.3, -0.25) is 24.4 Å². The number of halogens is 2. The van der Waals surface area contributed by atoms with Gasteiger partial charge in [0.2, 0.25) is 11.8 Å². The predicted molar refractivity (Wildman–Crippen MR) is 186 cm³/mol. The molecule has 0 unspecified atom stereocenters. The van der Waals surface area contributed by atoms with Crippen molar-refractivity contribution in [1.82, 2.24) is 20.6 Å². The lowest BCUT2D eigenvalue weighted by Crippen LogP contribution is -2.37. The van der Waals surface area contributed by atoms with Crippen molar-refractivity contribution in [2.45, 2.75) is 13.2 Å². The average Bonchev–Trinajstić information content (AvgIpc) is 3.12. The highest BCUT2D eigenvalue weighted by Crippen LogP contribution is 2.36. The van der Waals surface area contributed by atoms with Crippen molar-refractivity contribution in [2.24, 2.45) is 0 Å². The third-order valence-corrected chi connectivity index (χ3v) is 8.09. The molecule has 0 radical (unpaired) electrons. The zero-order chi connectivity index (χ0) is 34.0. The van der Waals surface area contributed by atoms with Crippen molar-refractivity contribution >= 4 is 63.6 Å². The summed E-state index contributed by atoms with van der Waals surface area (Å²) < 4.78 is 12.2. The minimum Gasteiger partial charge on any atom is -0.487 e. The Morgan fingerprint density at radius 3 is 2.40 bits per heavy atom. The fraction of sp³-hybridized carbons (Fsp3) is 0.139. The number of hydrogen-bond acceptors (Lipinski definition) is 7. The SMILES string of the molecule is CNC(=O)c1ccc(C=CC(=O)NCC(=O)N(C)c2ccc(Cl)c(COc3cccc4c(OCc5ccccn5)ccnc34)c2Cl)cc1. The van der Waals surface area contributed by atoms with Gasteiger partial charge in [0, 0.05) is 54.1 Å². The smallest absolute Gasteiger partial charge is 0.251 e. The van der Waals surface area contributed by atoms with Gasteiger partial charge in [0.05, 0.1) is 22.9 Å². The van der Waals surface area contributed by atoms with Crippen LogP contribution in [0.4, 0.5) is 5.69 Å². The first kappa shape index (κ1) is 33.9. The molecule has 0 aliphatic heterocycles. The molecule has 5 rings (SSSR count). The lowest BCUT2D eigenvalue weighted by molar-refractivity contribution is -0.122. The molecule has 2 heterocycles. The number of ether oxygens (including phenoxy) is 2. The second-order valence-electron chi connectivity index (χ2n) is 10.4. The Balaban J connectivity index is 1.22. The molecular formula is C36H31Cl2N5O5. The standard InChI is InChI=1S/C36H31Cl2N5O5/c1-39-36(46)24-12-9-23(10-13-24)11-16-32(44)42-20-33(45)43(2)29-15-14-28(37)27(34(29)38)22-48-31-8-5-7-26-30(17-19-41-35(26)31)47-21-25-6-3-4-18-40-25/h3-19H,20-22H2,1-2H3,(H,39,46)(H,42,44). The minimum absolute atomic E-state index is 0.00101. The lowest BCUT2D eigenvalue weighted by Gasteiger charge is -2.21. The molecule has 0 aliphatic carbocycles. The molecule has 0 aliphatic rings. The molecule has 2 aromatic heterocycles. The molecule has 0 fully saturated rings. The number of carbonyl (C=O) groups excluding carboxylic acids is 3. The highest BCUT2D eigenvalue weighted by Gasteiger charge is 2.19. The first-order valence-electron chi connectivity index (χ1n) is 14.8. The fourth-order valence-corrected chi connectivity index (χ4v) is 5.27. The van der Waals surface area contributed by atoms with Crippen LogP contribution >= 0.6 is 23.2 Å². The van der Waals surface area contributed by atoms with Gasteiger partial charge < -0.3 is 25.0 Å². The van der Waals surface area contributed by atoms with Gasteiger partial charge in [-0.25, -0.2) is 0 Å². The summed E-state index contributed by atoms with van der Waals surface area (Å²) in [6.45, 7) is 0.0248. The van der Waals surface area contributed by atoms with Crippen LogP contribution in [-0.4, -0.2) is 48.3 Å². The number of amides is 3. The zero-order valence-electron chi connectivity index (χ0n) is 26.1. The van der Waals surface area contributed by atoms with E-state index in [9.17, 15) is 14.4 Å². The van der Waals surface area contributed by atoms with Gasteiger partial charge in [-0.15, -0.1) is 0 Å². The number of nitrogens with one attached hydrogen (secondary N) is 2. The van der Waals surface area contributed by atoms with Gasteiger partial charge in [-0.2, -0.15) is 0 Å². The third kappa shape index (κ3) is 8.28. The number of aromatic nitrogens is 2. The van der Waals surface area contributed by atoms with Crippen LogP contribution in [0.2, 0.25) is 10.0 Å². The Kier molecular flexibility index (Phi) is 11.2. The molecule has 5 aromatic rings. The van der Waals surface area contributed by atoms with E-state index in [2.05, 4.69) is 20.6 Å². The van der Waals surface area contributed by atoms with E-state index in [0.717, 1.165) is 16.6 Å². The quantitative estimate of drug-likeness (QED) is 0.149. The molecular weight excluding hydrogens is 653 g/mol. The van der Waals surface area contributed by atoms with E-state index < -0.39 is 11.8 Å². The second kappa shape index (κ2) is 15.9. The van der Waals surface area contributed by atoms with E-state index in [1.807, 2.05) is 30.3 Å². The molecule has 0 saturated heterocycles. The number of anilines is 1. The zero-order valence-corrected chi connectivity index (χ0v) is 27.6. The molecule has 244 valence electrons. The summed E-state index contributed by atoms with van der Waals surface area (Å²) in [5.74, 6) is 0.0621. The summed E-state index contributed by atoms with van der Waals surface area (Å²) in [6.07, 6.45) is 6.25. The molecule has 3 aromatic carbocycles. The van der Waals surface area contributed by atoms with Gasteiger partial charge in [0.15, 0.2) is 0 Å². The Labute approximate surface area is 287 Å². The number of para-hydroxylation sites is 1. The van der Waals surface area contributed by atoms with Crippen molar-refractivity contribution in [2.75, 3.05) is 25.5 Å². The van der Waals surface area contributed by atoms with E-state index in [1.54, 1.807) is 81.1 Å². The van der Waals surface area contributed by atoms with E-state index in [1.165, 1.54) is 11.0 Å². The maximum absolute atomic E-state index is 13.0. The Bertz CT molecular complexity index is 1970. The molecule has 48 heavy (non-hydrogen) atoms. The van der Waals surface area contributed by atoms with E-state index in [4.69, 9.17) is 32.7 Å². The number of likely N-dealkylation sites (N-methyl/N-ethyl adjacent to an activating group) is 1. The molecule has 0 bridgehead atoms. The van der Waals surface area contributed by atoms with Gasteiger partial charge in [-0.1, -0.05) is 47.5 Å². The second-order valence-corrected chi connectivity index (χ2v) is 11.2. The summed E-state index contributed by atoms with van der Waals surface area (Å²) in [7, 11) is 3.11. The number of hydrogen-bond donors (Lipinski definition) is 2. The predicted octanol–water partition coefficient (Wildman–Crippen LogP) is 6.25. The number of pyridine rings is 2. The van der Waals surface area contributed by atoms with Crippen molar-refractivity contribution in [1.29, 1.82) is 0 Å². The maximum Gasteiger partial charge on any atom is 0.251 e. The summed E-state index contributed by atoms with van der Waals surface area (Å²) in [5, 5.41) is 6.48. The molecule has 0 spiro atoms. The van der Waals surface area contributed by atoms with Crippen molar-refractivity contribution in [3.8, 4) is 11.5 Å². The topological polar surface area (TPSA) is 123 Å². The van der Waals surface area contributed by atoms with Crippen LogP contribution in [0.3, 0.4) is 0 Å². The Morgan fingerprint density at radius 2 is 1.65 bits per heavy atom. The van der Waals surface area contributed by atoms with Gasteiger partial charge >= 0.3 is 0 Å². The van der Waals surface area contributed by atoms with Crippen LogP contribution in [0.25, 0.3) is 17.0 Å². The lowest BCUT2D eigenvalue weighted by atomic mass is 10.1. The van der Waals surface area contributed by atoms with E-state index in [-0.39, 0.29) is 24.1 Å². The average molecular weight is 685 g/mol. The van der Waals surface area contributed by atoms with Crippen LogP contribution in [0, 0.1) is 0 Å². The number of carbonyl (C=O) groups is 3. The van der Waals surface area contributed by atoms with Crippen molar-refractivity contribution < 1.29 is 23.9 Å². The molecule has 10 nitrogen and oxygen atoms in total. The van der Waals surface area contributed by atoms with Crippen molar-refractivity contribution in [3.05, 3.63) is 130 Å². The molecule has 3 amide bonds. The number of fused-ring (bicyclic) bond motifs is 1. The van der Waals surface area contributed by atoms with Crippen LogP contribution in [0.15, 0.2) is 97.3 Å². The molecule has 12 heteroatoms. The molecule has 0 saturated carbocycles. The molecule has 0 atom stereocenters. The van der Waals surface area contributed by atoms with Crippen LogP contribution in [0.1, 0.15) is 27.2 Å². The first-order valence-corrected chi connectivity index (χ1v) is 15.6. The van der Waals surface area contributed by atoms with Crippen LogP contribution in [0.5, 0.6) is 11.5 Å². The van der Waals surface area contributed by atoms with Crippen molar-refractivity contribution in [3.63, 3.8) is 0 Å². The number of benzene rings is 3. The summed E-state index contributed by atoms with van der Waals surface area (Å²) in [4.78, 5) is 47.2. The van der Waals surface area contributed by atoms with Crippen LogP contribution < -0.4 is 25.0 Å². The van der Waals surface area contributed by atoms with Crippen LogP contribution in [-0.2, 0) is 22.8 Å².